The molecule has 1 amide bonds. The van der Waals surface area contributed by atoms with E-state index in [1.807, 2.05) is 6.07 Å². The molecule has 0 saturated carbocycles. The Morgan fingerprint density at radius 3 is 2.50 bits per heavy atom. The zero-order valence-corrected chi connectivity index (χ0v) is 12.2. The van der Waals surface area contributed by atoms with Crippen LogP contribution in [0.5, 0.6) is 11.5 Å². The Bertz CT molecular complexity index is 687. The SMILES string of the molecule is CNC(=O)C(=NOC)c1c(F)cccc1Oc1ccccc1. The van der Waals surface area contributed by atoms with Crippen LogP contribution in [0.25, 0.3) is 0 Å². The molecule has 0 atom stereocenters. The summed E-state index contributed by atoms with van der Waals surface area (Å²) in [5, 5.41) is 6.01. The van der Waals surface area contributed by atoms with Gasteiger partial charge in [0.25, 0.3) is 5.91 Å². The normalized spacial score (nSPS) is 11.0. The third-order valence-electron chi connectivity index (χ3n) is 2.81. The average Bonchev–Trinajstić information content (AvgIpc) is 2.54. The second kappa shape index (κ2) is 7.21. The number of para-hydroxylation sites is 1. The molecule has 0 saturated heterocycles. The molecule has 0 fully saturated rings. The first-order valence-corrected chi connectivity index (χ1v) is 6.52. The number of carbonyl (C=O) groups excluding carboxylic acids is 1. The maximum atomic E-state index is 14.2. The van der Waals surface area contributed by atoms with E-state index in [4.69, 9.17) is 4.74 Å². The maximum Gasteiger partial charge on any atom is 0.273 e. The molecule has 2 aromatic rings. The Morgan fingerprint density at radius 2 is 1.86 bits per heavy atom. The van der Waals surface area contributed by atoms with E-state index in [-0.39, 0.29) is 17.0 Å². The summed E-state index contributed by atoms with van der Waals surface area (Å²) < 4.78 is 19.9. The van der Waals surface area contributed by atoms with Crippen molar-refractivity contribution in [2.24, 2.45) is 5.16 Å². The third kappa shape index (κ3) is 3.41. The van der Waals surface area contributed by atoms with E-state index in [9.17, 15) is 9.18 Å². The van der Waals surface area contributed by atoms with Crippen LogP contribution >= 0.6 is 0 Å². The molecule has 22 heavy (non-hydrogen) atoms. The van der Waals surface area contributed by atoms with Gasteiger partial charge in [-0.1, -0.05) is 29.4 Å². The van der Waals surface area contributed by atoms with Gasteiger partial charge in [0.2, 0.25) is 0 Å². The fourth-order valence-electron chi connectivity index (χ4n) is 1.85. The molecular formula is C16H15FN2O3. The predicted octanol–water partition coefficient (Wildman–Crippen LogP) is 2.71. The number of oxime groups is 1. The Morgan fingerprint density at radius 1 is 1.14 bits per heavy atom. The van der Waals surface area contributed by atoms with Gasteiger partial charge in [-0.05, 0) is 24.3 Å². The number of rotatable bonds is 5. The molecule has 0 radical (unpaired) electrons. The van der Waals surface area contributed by atoms with E-state index in [0.717, 1.165) is 0 Å². The minimum Gasteiger partial charge on any atom is -0.457 e. The Balaban J connectivity index is 2.50. The number of nitrogens with zero attached hydrogens (tertiary/aromatic N) is 1. The minimum absolute atomic E-state index is 0.0625. The summed E-state index contributed by atoms with van der Waals surface area (Å²) in [6.45, 7) is 0. The Hall–Kier alpha value is -2.89. The second-order valence-electron chi connectivity index (χ2n) is 4.23. The van der Waals surface area contributed by atoms with Gasteiger partial charge < -0.3 is 14.9 Å². The number of benzene rings is 2. The van der Waals surface area contributed by atoms with Crippen molar-refractivity contribution in [2.75, 3.05) is 14.2 Å². The molecule has 2 aromatic carbocycles. The molecular weight excluding hydrogens is 287 g/mol. The number of nitrogens with one attached hydrogen (secondary N) is 1. The number of halogens is 1. The lowest BCUT2D eigenvalue weighted by atomic mass is 10.1. The summed E-state index contributed by atoms with van der Waals surface area (Å²) in [5.74, 6) is -0.522. The van der Waals surface area contributed by atoms with Crippen molar-refractivity contribution < 1.29 is 18.8 Å². The number of likely N-dealkylation sites (N-methyl/N-ethyl adjacent to an activating group) is 1. The molecule has 0 aliphatic heterocycles. The van der Waals surface area contributed by atoms with Crippen molar-refractivity contribution in [3.63, 3.8) is 0 Å². The van der Waals surface area contributed by atoms with E-state index in [1.165, 1.54) is 26.3 Å². The molecule has 0 unspecified atom stereocenters. The van der Waals surface area contributed by atoms with E-state index >= 15 is 0 Å². The first-order valence-electron chi connectivity index (χ1n) is 6.52. The van der Waals surface area contributed by atoms with Crippen LogP contribution in [-0.4, -0.2) is 25.8 Å². The van der Waals surface area contributed by atoms with Crippen molar-refractivity contribution in [3.8, 4) is 11.5 Å². The lowest BCUT2D eigenvalue weighted by Gasteiger charge is -2.12. The van der Waals surface area contributed by atoms with Crippen molar-refractivity contribution in [1.82, 2.24) is 5.32 Å². The van der Waals surface area contributed by atoms with Crippen LogP contribution < -0.4 is 10.1 Å². The molecule has 6 heteroatoms. The predicted molar refractivity (Wildman–Crippen MR) is 80.5 cm³/mol. The molecule has 0 spiro atoms. The molecule has 0 aliphatic carbocycles. The number of hydrogen-bond donors (Lipinski definition) is 1. The van der Waals surface area contributed by atoms with E-state index in [2.05, 4.69) is 15.3 Å². The lowest BCUT2D eigenvalue weighted by molar-refractivity contribution is -0.114. The van der Waals surface area contributed by atoms with Crippen molar-refractivity contribution >= 4 is 11.6 Å². The van der Waals surface area contributed by atoms with Crippen LogP contribution in [0.3, 0.4) is 0 Å². The zero-order valence-electron chi connectivity index (χ0n) is 12.2. The standard InChI is InChI=1S/C16H15FN2O3/c1-18-16(20)15(19-21-2)14-12(17)9-6-10-13(14)22-11-7-4-3-5-8-11/h3-10H,1-2H3,(H,18,20). The molecule has 0 aliphatic rings. The number of hydrogen-bond acceptors (Lipinski definition) is 4. The fourth-order valence-corrected chi connectivity index (χ4v) is 1.85. The van der Waals surface area contributed by atoms with Gasteiger partial charge in [-0.3, -0.25) is 4.79 Å². The highest BCUT2D eigenvalue weighted by atomic mass is 19.1. The quantitative estimate of drug-likeness (QED) is 0.682. The van der Waals surface area contributed by atoms with Gasteiger partial charge in [0.05, 0.1) is 5.56 Å². The van der Waals surface area contributed by atoms with E-state index in [1.54, 1.807) is 30.3 Å². The average molecular weight is 302 g/mol. The summed E-state index contributed by atoms with van der Waals surface area (Å²) in [4.78, 5) is 16.6. The van der Waals surface area contributed by atoms with Gasteiger partial charge in [0, 0.05) is 7.05 Å². The molecule has 0 aromatic heterocycles. The second-order valence-corrected chi connectivity index (χ2v) is 4.23. The smallest absolute Gasteiger partial charge is 0.273 e. The largest absolute Gasteiger partial charge is 0.457 e. The summed E-state index contributed by atoms with van der Waals surface area (Å²) in [6.07, 6.45) is 0. The van der Waals surface area contributed by atoms with Gasteiger partial charge >= 0.3 is 0 Å². The summed E-state index contributed by atoms with van der Waals surface area (Å²) in [6, 6.07) is 13.1. The van der Waals surface area contributed by atoms with Gasteiger partial charge in [0.1, 0.15) is 24.4 Å². The van der Waals surface area contributed by atoms with Crippen LogP contribution in [0.2, 0.25) is 0 Å². The molecule has 1 N–H and O–H groups in total. The lowest BCUT2D eigenvalue weighted by Crippen LogP contribution is -2.29. The van der Waals surface area contributed by atoms with Crippen molar-refractivity contribution in [1.29, 1.82) is 0 Å². The molecule has 0 bridgehead atoms. The van der Waals surface area contributed by atoms with Crippen LogP contribution in [0.4, 0.5) is 4.39 Å². The summed E-state index contributed by atoms with van der Waals surface area (Å²) >= 11 is 0. The highest BCUT2D eigenvalue weighted by Gasteiger charge is 2.23. The van der Waals surface area contributed by atoms with Crippen molar-refractivity contribution in [2.45, 2.75) is 0 Å². The van der Waals surface area contributed by atoms with Gasteiger partial charge in [-0.2, -0.15) is 0 Å². The van der Waals surface area contributed by atoms with Gasteiger partial charge in [-0.25, -0.2) is 4.39 Å². The first kappa shape index (κ1) is 15.5. The van der Waals surface area contributed by atoms with E-state index in [0.29, 0.717) is 5.75 Å². The highest BCUT2D eigenvalue weighted by Crippen LogP contribution is 2.28. The maximum absolute atomic E-state index is 14.2. The minimum atomic E-state index is -0.632. The van der Waals surface area contributed by atoms with Gasteiger partial charge in [-0.15, -0.1) is 0 Å². The topological polar surface area (TPSA) is 59.9 Å². The molecule has 5 nitrogen and oxygen atoms in total. The summed E-state index contributed by atoms with van der Waals surface area (Å²) in [5.41, 5.74) is -0.262. The fraction of sp³-hybridized carbons (Fsp3) is 0.125. The van der Waals surface area contributed by atoms with Crippen LogP contribution in [0.1, 0.15) is 5.56 Å². The van der Waals surface area contributed by atoms with Crippen LogP contribution in [0.15, 0.2) is 53.7 Å². The first-order chi connectivity index (χ1) is 10.7. The van der Waals surface area contributed by atoms with Crippen LogP contribution in [0, 0.1) is 5.82 Å². The number of ether oxygens (including phenoxy) is 1. The molecule has 0 heterocycles. The number of carbonyl (C=O) groups is 1. The van der Waals surface area contributed by atoms with Gasteiger partial charge in [0.15, 0.2) is 5.71 Å². The number of amides is 1. The van der Waals surface area contributed by atoms with E-state index < -0.39 is 11.7 Å². The van der Waals surface area contributed by atoms with Crippen molar-refractivity contribution in [3.05, 3.63) is 59.9 Å². The highest BCUT2D eigenvalue weighted by molar-refractivity contribution is 6.45. The zero-order chi connectivity index (χ0) is 15.9. The monoisotopic (exact) mass is 302 g/mol. The molecule has 2 rings (SSSR count). The molecule has 114 valence electrons. The Labute approximate surface area is 127 Å². The van der Waals surface area contributed by atoms with Crippen LogP contribution in [-0.2, 0) is 9.63 Å². The third-order valence-corrected chi connectivity index (χ3v) is 2.81. The Kier molecular flexibility index (Phi) is 5.08. The summed E-state index contributed by atoms with van der Waals surface area (Å²) in [7, 11) is 2.70.